The molecule has 0 aliphatic heterocycles. The predicted octanol–water partition coefficient (Wildman–Crippen LogP) is 1.90. The van der Waals surface area contributed by atoms with Crippen molar-refractivity contribution in [2.75, 3.05) is 32.6 Å². The Labute approximate surface area is 104 Å². The molecule has 2 N–H and O–H groups in total. The molecule has 16 heavy (non-hydrogen) atoms. The van der Waals surface area contributed by atoms with Crippen LogP contribution in [0.5, 0.6) is 0 Å². The molecule has 2 unspecified atom stereocenters. The standard InChI is InChI=1S/C12H27NO2S/c1-4-5-8-15-10-12(14)9-13-7-6-11(2)16-3/h11-14H,4-10H2,1-3H3. The van der Waals surface area contributed by atoms with Crippen LogP contribution in [-0.2, 0) is 4.74 Å². The fourth-order valence-electron chi connectivity index (χ4n) is 1.22. The van der Waals surface area contributed by atoms with Gasteiger partial charge in [0.25, 0.3) is 0 Å². The Morgan fingerprint density at radius 1 is 1.44 bits per heavy atom. The molecule has 0 fully saturated rings. The number of ether oxygens (including phenoxy) is 1. The van der Waals surface area contributed by atoms with Crippen LogP contribution in [0.3, 0.4) is 0 Å². The molecule has 0 bridgehead atoms. The topological polar surface area (TPSA) is 41.5 Å². The summed E-state index contributed by atoms with van der Waals surface area (Å²) in [5.74, 6) is 0. The largest absolute Gasteiger partial charge is 0.389 e. The number of nitrogens with one attached hydrogen (secondary N) is 1. The normalized spacial score (nSPS) is 15.0. The van der Waals surface area contributed by atoms with E-state index in [0.717, 1.165) is 32.4 Å². The van der Waals surface area contributed by atoms with Crippen molar-refractivity contribution in [1.82, 2.24) is 5.32 Å². The summed E-state index contributed by atoms with van der Waals surface area (Å²) < 4.78 is 5.34. The molecule has 0 saturated heterocycles. The summed E-state index contributed by atoms with van der Waals surface area (Å²) in [6.45, 7) is 7.16. The lowest BCUT2D eigenvalue weighted by Gasteiger charge is -2.13. The van der Waals surface area contributed by atoms with Gasteiger partial charge in [-0.2, -0.15) is 11.8 Å². The first-order chi connectivity index (χ1) is 7.70. The second-order valence-electron chi connectivity index (χ2n) is 4.12. The molecule has 0 radical (unpaired) electrons. The molecule has 0 aliphatic carbocycles. The van der Waals surface area contributed by atoms with Crippen LogP contribution in [-0.4, -0.2) is 49.0 Å². The molecule has 0 aliphatic rings. The van der Waals surface area contributed by atoms with Crippen molar-refractivity contribution >= 4 is 11.8 Å². The number of aliphatic hydroxyl groups excluding tert-OH is 1. The minimum atomic E-state index is -0.374. The monoisotopic (exact) mass is 249 g/mol. The van der Waals surface area contributed by atoms with E-state index >= 15 is 0 Å². The molecule has 0 spiro atoms. The maximum atomic E-state index is 9.58. The molecule has 0 amide bonds. The minimum Gasteiger partial charge on any atom is -0.389 e. The van der Waals surface area contributed by atoms with Crippen molar-refractivity contribution in [3.63, 3.8) is 0 Å². The highest BCUT2D eigenvalue weighted by Gasteiger charge is 2.04. The summed E-state index contributed by atoms with van der Waals surface area (Å²) in [6, 6.07) is 0. The Kier molecular flexibility index (Phi) is 11.9. The van der Waals surface area contributed by atoms with Crippen LogP contribution in [0.25, 0.3) is 0 Å². The first-order valence-corrected chi connectivity index (χ1v) is 7.48. The SMILES string of the molecule is CCCCOCC(O)CNCCC(C)SC. The number of unbranched alkanes of at least 4 members (excludes halogenated alkanes) is 1. The first-order valence-electron chi connectivity index (χ1n) is 6.20. The van der Waals surface area contributed by atoms with Gasteiger partial charge in [0.1, 0.15) is 0 Å². The van der Waals surface area contributed by atoms with E-state index in [1.165, 1.54) is 0 Å². The van der Waals surface area contributed by atoms with Crippen LogP contribution in [0.2, 0.25) is 0 Å². The van der Waals surface area contributed by atoms with E-state index in [1.54, 1.807) is 0 Å². The van der Waals surface area contributed by atoms with Crippen LogP contribution < -0.4 is 5.32 Å². The first kappa shape index (κ1) is 16.2. The minimum absolute atomic E-state index is 0.374. The molecule has 0 aromatic rings. The molecule has 4 heteroatoms. The highest BCUT2D eigenvalue weighted by Crippen LogP contribution is 2.07. The van der Waals surface area contributed by atoms with E-state index in [1.807, 2.05) is 11.8 Å². The average Bonchev–Trinajstić information content (AvgIpc) is 2.30. The highest BCUT2D eigenvalue weighted by atomic mass is 32.2. The number of rotatable bonds is 11. The zero-order chi connectivity index (χ0) is 12.2. The summed E-state index contributed by atoms with van der Waals surface area (Å²) in [5, 5.41) is 13.5. The van der Waals surface area contributed by atoms with Gasteiger partial charge >= 0.3 is 0 Å². The van der Waals surface area contributed by atoms with Crippen molar-refractivity contribution in [3.05, 3.63) is 0 Å². The lowest BCUT2D eigenvalue weighted by atomic mass is 10.3. The molecule has 0 heterocycles. The van der Waals surface area contributed by atoms with Crippen LogP contribution in [0.4, 0.5) is 0 Å². The van der Waals surface area contributed by atoms with Gasteiger partial charge in [-0.15, -0.1) is 0 Å². The molecule has 0 aromatic carbocycles. The van der Waals surface area contributed by atoms with E-state index in [0.29, 0.717) is 18.4 Å². The molecule has 98 valence electrons. The smallest absolute Gasteiger partial charge is 0.0897 e. The third kappa shape index (κ3) is 10.7. The van der Waals surface area contributed by atoms with Crippen molar-refractivity contribution in [1.29, 1.82) is 0 Å². The number of thioether (sulfide) groups is 1. The van der Waals surface area contributed by atoms with E-state index < -0.39 is 0 Å². The number of hydrogen-bond acceptors (Lipinski definition) is 4. The predicted molar refractivity (Wildman–Crippen MR) is 72.2 cm³/mol. The van der Waals surface area contributed by atoms with Crippen molar-refractivity contribution in [2.45, 2.75) is 44.5 Å². The van der Waals surface area contributed by atoms with Gasteiger partial charge in [0.05, 0.1) is 12.7 Å². The Hall–Kier alpha value is 0.230. The van der Waals surface area contributed by atoms with Gasteiger partial charge in [0, 0.05) is 18.4 Å². The third-order valence-corrected chi connectivity index (χ3v) is 3.50. The fourth-order valence-corrected chi connectivity index (χ4v) is 1.57. The average molecular weight is 249 g/mol. The Morgan fingerprint density at radius 3 is 2.81 bits per heavy atom. The summed E-state index contributed by atoms with van der Waals surface area (Å²) in [4.78, 5) is 0. The van der Waals surface area contributed by atoms with Crippen molar-refractivity contribution < 1.29 is 9.84 Å². The van der Waals surface area contributed by atoms with Gasteiger partial charge in [0.2, 0.25) is 0 Å². The zero-order valence-corrected chi connectivity index (χ0v) is 11.7. The number of hydrogen-bond donors (Lipinski definition) is 2. The van der Waals surface area contributed by atoms with Crippen LogP contribution in [0.1, 0.15) is 33.1 Å². The zero-order valence-electron chi connectivity index (χ0n) is 10.9. The Bertz CT molecular complexity index is 147. The Morgan fingerprint density at radius 2 is 2.19 bits per heavy atom. The highest BCUT2D eigenvalue weighted by molar-refractivity contribution is 7.99. The van der Waals surface area contributed by atoms with Crippen molar-refractivity contribution in [3.8, 4) is 0 Å². The maximum absolute atomic E-state index is 9.58. The van der Waals surface area contributed by atoms with Gasteiger partial charge in [-0.1, -0.05) is 20.3 Å². The molecule has 0 saturated carbocycles. The maximum Gasteiger partial charge on any atom is 0.0897 e. The molecule has 0 rings (SSSR count). The summed E-state index contributed by atoms with van der Waals surface area (Å²) in [7, 11) is 0. The van der Waals surface area contributed by atoms with E-state index in [2.05, 4.69) is 25.4 Å². The quantitative estimate of drug-likeness (QED) is 0.549. The van der Waals surface area contributed by atoms with Crippen LogP contribution >= 0.6 is 11.8 Å². The van der Waals surface area contributed by atoms with Crippen molar-refractivity contribution in [2.24, 2.45) is 0 Å². The summed E-state index contributed by atoms with van der Waals surface area (Å²) >= 11 is 1.88. The third-order valence-electron chi connectivity index (χ3n) is 2.46. The summed E-state index contributed by atoms with van der Waals surface area (Å²) in [5.41, 5.74) is 0. The van der Waals surface area contributed by atoms with Gasteiger partial charge in [-0.05, 0) is 25.6 Å². The molecular formula is C12H27NO2S. The molecule has 3 nitrogen and oxygen atoms in total. The second kappa shape index (κ2) is 11.7. The Balaban J connectivity index is 3.20. The lowest BCUT2D eigenvalue weighted by Crippen LogP contribution is -2.31. The number of aliphatic hydroxyl groups is 1. The van der Waals surface area contributed by atoms with Gasteiger partial charge in [0.15, 0.2) is 0 Å². The van der Waals surface area contributed by atoms with Gasteiger partial charge in [-0.25, -0.2) is 0 Å². The van der Waals surface area contributed by atoms with Crippen LogP contribution in [0, 0.1) is 0 Å². The second-order valence-corrected chi connectivity index (χ2v) is 5.40. The molecule has 2 atom stereocenters. The lowest BCUT2D eigenvalue weighted by molar-refractivity contribution is 0.0360. The summed E-state index contributed by atoms with van der Waals surface area (Å²) in [6.07, 6.45) is 5.11. The fraction of sp³-hybridized carbons (Fsp3) is 1.00. The van der Waals surface area contributed by atoms with Crippen LogP contribution in [0.15, 0.2) is 0 Å². The van der Waals surface area contributed by atoms with E-state index in [4.69, 9.17) is 4.74 Å². The van der Waals surface area contributed by atoms with Gasteiger partial charge in [-0.3, -0.25) is 0 Å². The molecular weight excluding hydrogens is 222 g/mol. The molecule has 0 aromatic heterocycles. The van der Waals surface area contributed by atoms with E-state index in [-0.39, 0.29) is 6.10 Å². The van der Waals surface area contributed by atoms with E-state index in [9.17, 15) is 5.11 Å². The van der Waals surface area contributed by atoms with Gasteiger partial charge < -0.3 is 15.2 Å².